The molecule has 0 bridgehead atoms. The van der Waals surface area contributed by atoms with Gasteiger partial charge >= 0.3 is 0 Å². The summed E-state index contributed by atoms with van der Waals surface area (Å²) < 4.78 is 25.4. The second kappa shape index (κ2) is 7.27. The zero-order valence-corrected chi connectivity index (χ0v) is 19.0. The number of sulfone groups is 1. The maximum absolute atomic E-state index is 12.8. The lowest BCUT2D eigenvalue weighted by atomic mass is 10.0. The van der Waals surface area contributed by atoms with Gasteiger partial charge in [0.2, 0.25) is 0 Å². The smallest absolute Gasteiger partial charge is 0.261 e. The highest BCUT2D eigenvalue weighted by Gasteiger charge is 2.39. The van der Waals surface area contributed by atoms with Gasteiger partial charge in [0.15, 0.2) is 9.84 Å². The first-order chi connectivity index (χ1) is 13.6. The van der Waals surface area contributed by atoms with Crippen molar-refractivity contribution in [1.82, 2.24) is 15.1 Å². The van der Waals surface area contributed by atoms with Crippen molar-refractivity contribution in [2.24, 2.45) is 0 Å². The lowest BCUT2D eigenvalue weighted by molar-refractivity contribution is 0.0919. The average Bonchev–Trinajstić information content (AvgIpc) is 3.25. The van der Waals surface area contributed by atoms with Crippen molar-refractivity contribution in [3.63, 3.8) is 0 Å². The number of benzene rings is 1. The Morgan fingerprint density at radius 2 is 2.03 bits per heavy atom. The highest BCUT2D eigenvalue weighted by atomic mass is 35.5. The highest BCUT2D eigenvalue weighted by molar-refractivity contribution is 7.91. The van der Waals surface area contributed by atoms with E-state index >= 15 is 0 Å². The maximum atomic E-state index is 12.8. The molecule has 0 saturated carbocycles. The number of thiophene rings is 1. The minimum Gasteiger partial charge on any atom is -0.345 e. The van der Waals surface area contributed by atoms with Gasteiger partial charge < -0.3 is 5.32 Å². The Morgan fingerprint density at radius 3 is 2.66 bits per heavy atom. The van der Waals surface area contributed by atoms with E-state index in [9.17, 15) is 13.2 Å². The molecule has 1 aromatic carbocycles. The van der Waals surface area contributed by atoms with Crippen LogP contribution in [0.3, 0.4) is 0 Å². The fraction of sp³-hybridized carbons (Fsp3) is 0.368. The third-order valence-electron chi connectivity index (χ3n) is 5.12. The van der Waals surface area contributed by atoms with E-state index in [0.717, 1.165) is 21.5 Å². The topological polar surface area (TPSA) is 81.1 Å². The van der Waals surface area contributed by atoms with Crippen molar-refractivity contribution in [2.45, 2.75) is 32.4 Å². The predicted octanol–water partition coefficient (Wildman–Crippen LogP) is 4.07. The SMILES string of the molecule is Cc1nn(Cc2c(Cl)cccc2Cl)c2sc(C(=O)NC3(C)CCS(=O)(=O)C3)cc12. The third kappa shape index (κ3) is 4.03. The van der Waals surface area contributed by atoms with E-state index in [1.807, 2.05) is 6.92 Å². The van der Waals surface area contributed by atoms with Crippen LogP contribution >= 0.6 is 34.5 Å². The summed E-state index contributed by atoms with van der Waals surface area (Å²) in [6.07, 6.45) is 0.420. The van der Waals surface area contributed by atoms with Gasteiger partial charge in [-0.15, -0.1) is 11.3 Å². The van der Waals surface area contributed by atoms with Crippen molar-refractivity contribution in [3.8, 4) is 0 Å². The van der Waals surface area contributed by atoms with Crippen LogP contribution in [0.1, 0.15) is 34.3 Å². The minimum atomic E-state index is -3.10. The molecule has 0 spiro atoms. The van der Waals surface area contributed by atoms with Crippen LogP contribution in [0, 0.1) is 6.92 Å². The Balaban J connectivity index is 1.63. The van der Waals surface area contributed by atoms with E-state index in [0.29, 0.717) is 27.9 Å². The Hall–Kier alpha value is -1.61. The molecule has 4 rings (SSSR count). The molecule has 1 aliphatic rings. The van der Waals surface area contributed by atoms with Crippen molar-refractivity contribution < 1.29 is 13.2 Å². The molecule has 10 heteroatoms. The molecule has 3 aromatic rings. The fourth-order valence-corrected chi connectivity index (χ4v) is 7.28. The monoisotopic (exact) mass is 471 g/mol. The molecule has 0 radical (unpaired) electrons. The van der Waals surface area contributed by atoms with Gasteiger partial charge in [-0.3, -0.25) is 4.79 Å². The first-order valence-corrected chi connectivity index (χ1v) is 12.4. The van der Waals surface area contributed by atoms with E-state index in [1.165, 1.54) is 11.3 Å². The predicted molar refractivity (Wildman–Crippen MR) is 117 cm³/mol. The van der Waals surface area contributed by atoms with Gasteiger partial charge in [-0.1, -0.05) is 29.3 Å². The number of nitrogens with zero attached hydrogens (tertiary/aromatic N) is 2. The van der Waals surface area contributed by atoms with Crippen molar-refractivity contribution in [2.75, 3.05) is 11.5 Å². The summed E-state index contributed by atoms with van der Waals surface area (Å²) in [6, 6.07) is 7.14. The number of aromatic nitrogens is 2. The summed E-state index contributed by atoms with van der Waals surface area (Å²) >= 11 is 13.9. The van der Waals surface area contributed by atoms with Crippen LogP contribution in [-0.4, -0.2) is 41.2 Å². The summed E-state index contributed by atoms with van der Waals surface area (Å²) in [5.41, 5.74) is 0.828. The summed E-state index contributed by atoms with van der Waals surface area (Å²) in [4.78, 5) is 14.2. The molecule has 154 valence electrons. The Kier molecular flexibility index (Phi) is 5.17. The molecule has 6 nitrogen and oxygen atoms in total. The number of hydrogen-bond acceptors (Lipinski definition) is 5. The van der Waals surface area contributed by atoms with Gasteiger partial charge in [-0.2, -0.15) is 5.10 Å². The molecule has 0 aliphatic carbocycles. The molecule has 1 saturated heterocycles. The molecule has 29 heavy (non-hydrogen) atoms. The molecule has 1 amide bonds. The standard InChI is InChI=1S/C19H19Cl2N3O3S2/c1-11-12-8-16(17(25)22-19(2)6-7-29(26,27)10-19)28-18(12)24(23-11)9-13-14(20)4-3-5-15(13)21/h3-5,8H,6-7,9-10H2,1-2H3,(H,22,25). The highest BCUT2D eigenvalue weighted by Crippen LogP contribution is 2.32. The van der Waals surface area contributed by atoms with Gasteiger partial charge in [0, 0.05) is 21.0 Å². The van der Waals surface area contributed by atoms with Crippen LogP contribution in [0.4, 0.5) is 0 Å². The Morgan fingerprint density at radius 1 is 1.34 bits per heavy atom. The average molecular weight is 472 g/mol. The van der Waals surface area contributed by atoms with Crippen LogP contribution in [0.5, 0.6) is 0 Å². The minimum absolute atomic E-state index is 0.0333. The molecule has 1 N–H and O–H groups in total. The zero-order chi connectivity index (χ0) is 21.0. The zero-order valence-electron chi connectivity index (χ0n) is 15.8. The van der Waals surface area contributed by atoms with Gasteiger partial charge in [0.1, 0.15) is 4.83 Å². The van der Waals surface area contributed by atoms with E-state index in [1.54, 1.807) is 35.9 Å². The number of fused-ring (bicyclic) bond motifs is 1. The largest absolute Gasteiger partial charge is 0.345 e. The van der Waals surface area contributed by atoms with Crippen LogP contribution in [0.15, 0.2) is 24.3 Å². The lowest BCUT2D eigenvalue weighted by Crippen LogP contribution is -2.46. The molecule has 1 unspecified atom stereocenters. The number of hydrogen-bond donors (Lipinski definition) is 1. The number of carbonyl (C=O) groups is 1. The van der Waals surface area contributed by atoms with Crippen molar-refractivity contribution in [1.29, 1.82) is 0 Å². The van der Waals surface area contributed by atoms with Gasteiger partial charge in [0.25, 0.3) is 5.91 Å². The van der Waals surface area contributed by atoms with Crippen molar-refractivity contribution >= 4 is 60.5 Å². The van der Waals surface area contributed by atoms with E-state index < -0.39 is 15.4 Å². The van der Waals surface area contributed by atoms with Gasteiger partial charge in [-0.05, 0) is 38.5 Å². The summed E-state index contributed by atoms with van der Waals surface area (Å²) in [6.45, 7) is 4.04. The number of halogens is 2. The Bertz CT molecular complexity index is 1210. The third-order valence-corrected chi connectivity index (χ3v) is 8.88. The second-order valence-corrected chi connectivity index (χ2v) is 11.7. The van der Waals surface area contributed by atoms with Crippen LogP contribution in [0.2, 0.25) is 10.0 Å². The second-order valence-electron chi connectivity index (χ2n) is 7.63. The van der Waals surface area contributed by atoms with E-state index in [-0.39, 0.29) is 17.4 Å². The molecule has 3 heterocycles. The molecule has 1 aliphatic heterocycles. The normalized spacial score (nSPS) is 21.0. The molecular formula is C19H19Cl2N3O3S2. The first-order valence-electron chi connectivity index (χ1n) is 9.00. The maximum Gasteiger partial charge on any atom is 0.261 e. The van der Waals surface area contributed by atoms with Crippen molar-refractivity contribution in [3.05, 3.63) is 50.4 Å². The number of aryl methyl sites for hydroxylation is 1. The van der Waals surface area contributed by atoms with E-state index in [2.05, 4.69) is 10.4 Å². The molecule has 1 fully saturated rings. The first kappa shape index (κ1) is 20.7. The van der Waals surface area contributed by atoms with Gasteiger partial charge in [-0.25, -0.2) is 13.1 Å². The van der Waals surface area contributed by atoms with Crippen LogP contribution in [-0.2, 0) is 16.4 Å². The lowest BCUT2D eigenvalue weighted by Gasteiger charge is -2.23. The summed E-state index contributed by atoms with van der Waals surface area (Å²) in [7, 11) is -3.10. The summed E-state index contributed by atoms with van der Waals surface area (Å²) in [5, 5.41) is 9.47. The molecule has 1 atom stereocenters. The molecular weight excluding hydrogens is 453 g/mol. The number of carbonyl (C=O) groups excluding carboxylic acids is 1. The Labute approximate surface area is 182 Å². The quantitative estimate of drug-likeness (QED) is 0.621. The fourth-order valence-electron chi connectivity index (χ4n) is 3.61. The number of amides is 1. The molecule has 2 aromatic heterocycles. The summed E-state index contributed by atoms with van der Waals surface area (Å²) in [5.74, 6) is -0.204. The number of nitrogens with one attached hydrogen (secondary N) is 1. The number of rotatable bonds is 4. The van der Waals surface area contributed by atoms with E-state index in [4.69, 9.17) is 23.2 Å². The van der Waals surface area contributed by atoms with Crippen LogP contribution in [0.25, 0.3) is 10.2 Å². The van der Waals surface area contributed by atoms with Crippen LogP contribution < -0.4 is 5.32 Å². The van der Waals surface area contributed by atoms with Gasteiger partial charge in [0.05, 0.1) is 34.2 Å².